The van der Waals surface area contributed by atoms with E-state index in [1.54, 1.807) is 12.1 Å². The van der Waals surface area contributed by atoms with Crippen LogP contribution in [-0.4, -0.2) is 94.8 Å². The Kier molecular flexibility index (Phi) is 21.4. The van der Waals surface area contributed by atoms with Gasteiger partial charge in [0, 0.05) is 0 Å². The van der Waals surface area contributed by atoms with Crippen molar-refractivity contribution in [3.63, 3.8) is 0 Å². The second kappa shape index (κ2) is 26.3. The average Bonchev–Trinajstić information content (AvgIpc) is 4.34. The molecule has 9 aromatic rings. The number of hydrogen-bond donors (Lipinski definition) is 2. The number of nitrogens with zero attached hydrogens (tertiary/aromatic N) is 15. The first kappa shape index (κ1) is 66.6. The van der Waals surface area contributed by atoms with Gasteiger partial charge >= 0.3 is 94.3 Å². The van der Waals surface area contributed by atoms with Gasteiger partial charge in [0.1, 0.15) is 9.79 Å². The molecule has 0 bridgehead atoms. The van der Waals surface area contributed by atoms with Gasteiger partial charge in [0.15, 0.2) is 34.6 Å². The number of carbonyl (C=O) groups excluding carboxylic acids is 4. The fourth-order valence-corrected chi connectivity index (χ4v) is 9.98. The van der Waals surface area contributed by atoms with E-state index >= 15 is 0 Å². The Bertz CT molecular complexity index is 3930. The molecule has 388 valence electrons. The van der Waals surface area contributed by atoms with E-state index in [0.29, 0.717) is 0 Å². The third-order valence-electron chi connectivity index (χ3n) is 11.0. The van der Waals surface area contributed by atoms with Crippen molar-refractivity contribution in [1.82, 2.24) is 54.1 Å². The molecule has 0 unspecified atom stereocenters. The smallest absolute Gasteiger partial charge is 0.844 e. The number of carboxylic acid groups (broad SMARTS) is 4. The zero-order chi connectivity index (χ0) is 55.2. The predicted octanol–water partition coefficient (Wildman–Crippen LogP) is -15.6. The third-order valence-corrected chi connectivity index (χ3v) is 14.5. The topological polar surface area (TPSA) is 463 Å². The molecule has 4 aromatic carbocycles. The summed E-state index contributed by atoms with van der Waals surface area (Å²) in [7, 11) is -8.95. The van der Waals surface area contributed by atoms with E-state index in [1.807, 2.05) is 0 Å². The van der Waals surface area contributed by atoms with Gasteiger partial charge in [0.2, 0.25) is 19.7 Å². The fourth-order valence-electron chi connectivity index (χ4n) is 7.33. The molecule has 0 aliphatic heterocycles. The summed E-state index contributed by atoms with van der Waals surface area (Å²) in [6.45, 7) is 2.76. The maximum absolute atomic E-state index is 14.0. The molecule has 0 saturated heterocycles. The number of anilines is 2. The van der Waals surface area contributed by atoms with Gasteiger partial charge in [-0.3, -0.25) is 0 Å². The van der Waals surface area contributed by atoms with Gasteiger partial charge in [-0.25, -0.2) is 36.2 Å². The first-order valence-electron chi connectivity index (χ1n) is 21.4. The van der Waals surface area contributed by atoms with Crippen LogP contribution in [0.5, 0.6) is 6.01 Å². The summed E-state index contributed by atoms with van der Waals surface area (Å²) in [6, 6.07) is 18.1. The number of carbonyl (C=O) groups is 4. The van der Waals surface area contributed by atoms with Crippen LogP contribution in [0.3, 0.4) is 0 Å². The van der Waals surface area contributed by atoms with Crippen LogP contribution >= 0.6 is 0 Å². The second-order valence-corrected chi connectivity index (χ2v) is 19.7. The van der Waals surface area contributed by atoms with E-state index in [2.05, 4.69) is 55.8 Å². The van der Waals surface area contributed by atoms with Crippen molar-refractivity contribution < 1.29 is 156 Å². The van der Waals surface area contributed by atoms with Gasteiger partial charge in [-0.15, -0.1) is 20.5 Å². The van der Waals surface area contributed by atoms with E-state index in [-0.39, 0.29) is 138 Å². The number of aryl methyl sites for hydroxylation is 2. The molecule has 0 atom stereocenters. The van der Waals surface area contributed by atoms with Crippen molar-refractivity contribution in [2.24, 2.45) is 20.5 Å². The van der Waals surface area contributed by atoms with E-state index in [9.17, 15) is 61.5 Å². The standard InChI is InChI=1S/C45H33N17O13S2.5Li/c1-21-33(53-55-37-31(76(72,73)29-9-5-3-6-10-29)19-48-59(37)27-15-23(39(63)64)13-24(16-27)40(65)66)35(46)61(57-21)43-50-44(52-45(71)51-43)62-36(47)34(22(2)58-62)54-56-38-32(77(74,75)30-11-7-4-8-12-30)20-49-60(38)28-17-25(41(67)68)14-26(18-28)42(69)70;;;;;/h3-20H,46-47H2,1-2H3,(H,63,64)(H,65,66)(H,67,68)(H,69,70)(H,50,51,52,71);;;;;/q;5*+1/p-5. The van der Waals surface area contributed by atoms with Crippen LogP contribution in [0, 0.1) is 13.8 Å². The Labute approximate surface area is 521 Å². The quantitative estimate of drug-likeness (QED) is 0.0670. The first-order chi connectivity index (χ1) is 36.5. The molecule has 4 N–H and O–H groups in total. The Morgan fingerprint density at radius 3 is 1.10 bits per heavy atom. The fraction of sp³-hybridized carbons (Fsp3) is 0.0444. The van der Waals surface area contributed by atoms with Crippen LogP contribution in [0.2, 0.25) is 0 Å². The van der Waals surface area contributed by atoms with E-state index in [4.69, 9.17) is 11.5 Å². The summed E-state index contributed by atoms with van der Waals surface area (Å²) in [5.74, 6) is -10.2. The van der Waals surface area contributed by atoms with E-state index < -0.39 is 117 Å². The van der Waals surface area contributed by atoms with Gasteiger partial charge in [0.25, 0.3) is 11.9 Å². The Morgan fingerprint density at radius 1 is 0.476 bits per heavy atom. The number of aromatic carboxylic acids is 4. The summed E-state index contributed by atoms with van der Waals surface area (Å²) >= 11 is 0. The summed E-state index contributed by atoms with van der Waals surface area (Å²) < 4.78 is 59.2. The van der Waals surface area contributed by atoms with Crippen LogP contribution in [0.4, 0.5) is 34.6 Å². The van der Waals surface area contributed by atoms with Gasteiger partial charge in [-0.05, 0) is 96.8 Å². The molecule has 9 rings (SSSR count). The number of aromatic nitrogens is 11. The monoisotopic (exact) mass is 1110 g/mol. The van der Waals surface area contributed by atoms with Crippen molar-refractivity contribution in [1.29, 1.82) is 0 Å². The molecule has 0 aliphatic rings. The summed E-state index contributed by atoms with van der Waals surface area (Å²) in [5, 5.41) is 93.9. The van der Waals surface area contributed by atoms with Crippen LogP contribution < -0.4 is 131 Å². The molecule has 0 saturated carbocycles. The average molecular weight is 1110 g/mol. The molecule has 5 aromatic heterocycles. The van der Waals surface area contributed by atoms with Gasteiger partial charge < -0.3 is 56.2 Å². The van der Waals surface area contributed by atoms with Crippen LogP contribution in [-0.2, 0) is 19.7 Å². The minimum absolute atomic E-state index is 0. The molecule has 0 fully saturated rings. The van der Waals surface area contributed by atoms with Gasteiger partial charge in [0.05, 0.1) is 74.8 Å². The Morgan fingerprint density at radius 2 is 0.793 bits per heavy atom. The Hall–Kier alpha value is -7.90. The zero-order valence-corrected chi connectivity index (χ0v) is 45.5. The molecule has 0 spiro atoms. The van der Waals surface area contributed by atoms with Gasteiger partial charge in [-0.1, -0.05) is 36.4 Å². The number of nitrogen functional groups attached to an aromatic ring is 2. The summed E-state index contributed by atoms with van der Waals surface area (Å²) in [6.07, 6.45) is 1.75. The number of hydrogen-bond acceptors (Lipinski definition) is 26. The van der Waals surface area contributed by atoms with Crippen molar-refractivity contribution in [3.05, 3.63) is 143 Å². The first-order valence-corrected chi connectivity index (χ1v) is 24.4. The number of sulfone groups is 2. The molecule has 0 radical (unpaired) electrons. The maximum Gasteiger partial charge on any atom is 1.00 e. The normalized spacial score (nSPS) is 11.2. The molecule has 5 heterocycles. The molecule has 30 nitrogen and oxygen atoms in total. The van der Waals surface area contributed by atoms with Crippen LogP contribution in [0.15, 0.2) is 149 Å². The molecular weight excluding hydrogens is 1090 g/mol. The summed E-state index contributed by atoms with van der Waals surface area (Å²) in [4.78, 5) is 57.8. The molecule has 0 aliphatic carbocycles. The third kappa shape index (κ3) is 12.9. The zero-order valence-electron chi connectivity index (χ0n) is 43.9. The minimum atomic E-state index is -4.48. The largest absolute Gasteiger partial charge is 1.00 e. The summed E-state index contributed by atoms with van der Waals surface area (Å²) in [5.41, 5.74) is 9.22. The van der Waals surface area contributed by atoms with Gasteiger partial charge in [-0.2, -0.15) is 34.7 Å². The van der Waals surface area contributed by atoms with Crippen molar-refractivity contribution in [3.8, 4) is 29.3 Å². The predicted molar refractivity (Wildman–Crippen MR) is 248 cm³/mol. The molecular formula is C45H28Li5N17O13S2. The van der Waals surface area contributed by atoms with E-state index in [1.165, 1.54) is 62.4 Å². The van der Waals surface area contributed by atoms with Crippen LogP contribution in [0.1, 0.15) is 52.8 Å². The number of rotatable bonds is 16. The molecule has 37 heteroatoms. The number of carboxylic acids is 4. The van der Waals surface area contributed by atoms with E-state index in [0.717, 1.165) is 67.5 Å². The second-order valence-electron chi connectivity index (χ2n) is 15.9. The Balaban J connectivity index is 0.00000289. The maximum atomic E-state index is 14.0. The van der Waals surface area contributed by atoms with Crippen molar-refractivity contribution in [2.45, 2.75) is 33.4 Å². The number of azo groups is 2. The SMILES string of the molecule is Cc1nn(-c2nc([O-])nc(-n3nc(C)c(N=Nc4c(S(=O)(=O)c5ccccc5)cnn4-c4cc(C(=O)[O-])cc(C(=O)[O-])c4)c3N)n2)c(N)c1N=Nc1c(S(=O)(=O)c2ccccc2)cnn1-c1cc(C(=O)[O-])cc(C(=O)[O-])c1.[Li+].[Li+].[Li+].[Li+].[Li+]. The molecule has 82 heavy (non-hydrogen) atoms. The molecule has 0 amide bonds. The van der Waals surface area contributed by atoms with Crippen molar-refractivity contribution >= 4 is 78.2 Å². The number of benzene rings is 4. The number of nitrogens with two attached hydrogens (primary N) is 2. The van der Waals surface area contributed by atoms with Crippen LogP contribution in [0.25, 0.3) is 23.3 Å². The minimum Gasteiger partial charge on any atom is -0.844 e. The van der Waals surface area contributed by atoms with Crippen molar-refractivity contribution in [2.75, 3.05) is 11.5 Å².